The molecule has 0 aromatic carbocycles. The van der Waals surface area contributed by atoms with Gasteiger partial charge in [-0.1, -0.05) is 266 Å². The summed E-state index contributed by atoms with van der Waals surface area (Å²) in [4.78, 5) is 26.6. The molecule has 0 aliphatic carbocycles. The molecule has 6 N–H and O–H groups in total. The van der Waals surface area contributed by atoms with Gasteiger partial charge in [0.05, 0.1) is 25.4 Å². The maximum atomic E-state index is 13.5. The van der Waals surface area contributed by atoms with Gasteiger partial charge < -0.3 is 45.1 Å². The lowest BCUT2D eigenvalue weighted by atomic mass is 9.99. The fourth-order valence-corrected chi connectivity index (χ4v) is 10.0. The van der Waals surface area contributed by atoms with E-state index in [-0.39, 0.29) is 19.4 Å². The van der Waals surface area contributed by atoms with E-state index in [1.165, 1.54) is 148 Å². The van der Waals surface area contributed by atoms with E-state index in [1.807, 2.05) is 6.08 Å². The highest BCUT2D eigenvalue weighted by Gasteiger charge is 2.47. The number of ether oxygens (including phenoxy) is 3. The Morgan fingerprint density at radius 3 is 1.35 bits per heavy atom. The van der Waals surface area contributed by atoms with Gasteiger partial charge in [-0.25, -0.2) is 0 Å². The topological polar surface area (TPSA) is 175 Å². The molecule has 1 fully saturated rings. The van der Waals surface area contributed by atoms with E-state index in [0.29, 0.717) is 12.8 Å². The van der Waals surface area contributed by atoms with Gasteiger partial charge in [0.15, 0.2) is 12.4 Å². The molecule has 468 valence electrons. The van der Waals surface area contributed by atoms with Crippen molar-refractivity contribution in [2.45, 2.75) is 333 Å². The second-order valence-electron chi connectivity index (χ2n) is 22.8. The Kier molecular flexibility index (Phi) is 53.6. The van der Waals surface area contributed by atoms with Crippen molar-refractivity contribution in [2.24, 2.45) is 0 Å². The predicted octanol–water partition coefficient (Wildman–Crippen LogP) is 16.5. The van der Waals surface area contributed by atoms with Gasteiger partial charge in [0.2, 0.25) is 5.91 Å². The molecule has 0 spiro atoms. The van der Waals surface area contributed by atoms with E-state index < -0.39 is 67.4 Å². The van der Waals surface area contributed by atoms with Gasteiger partial charge >= 0.3 is 5.97 Å². The SMILES string of the molecule is CC/C=C\C/C=C\C/C=C\C/C=C\C/C=C\CCCCCC(=O)OC1C(OCC(NC(=O)C(O)CCCCCCCCCCCCCC/C=C/CCCCCCCC)C(O)/C=C/CCCCCCCCCCC)OC(CO)C(O)C1O. The average molecular weight is 1140 g/mol. The van der Waals surface area contributed by atoms with E-state index in [1.54, 1.807) is 6.08 Å². The standard InChI is InChI=1S/C70H123NO10/c1-4-7-10-13-16-19-22-24-26-28-30-31-32-34-35-37-39-42-45-48-51-54-57-63(74)69(78)71-61(62(73)56-53-50-47-44-41-21-18-15-12-9-6-3)60-79-70-68(67(77)66(76)64(59-72)80-70)81-65(75)58-55-52-49-46-43-40-38-36-33-29-27-25-23-20-17-14-11-8-5-2/h8,11,17,20,24-27,33,36,40,43,53,56,61-64,66-68,70,72-74,76-77H,4-7,9-10,12-16,18-19,21-23,28-32,34-35,37-39,41-42,44-52,54-55,57-60H2,1-3H3,(H,71,78)/b11-8-,20-17-,26-24+,27-25-,36-33-,43-40-,56-53+. The average Bonchev–Trinajstić information content (AvgIpc) is 3.50. The molecule has 8 unspecified atom stereocenters. The van der Waals surface area contributed by atoms with E-state index in [0.717, 1.165) is 89.9 Å². The van der Waals surface area contributed by atoms with Gasteiger partial charge in [-0.15, -0.1) is 0 Å². The summed E-state index contributed by atoms with van der Waals surface area (Å²) in [5.74, 6) is -1.23. The largest absolute Gasteiger partial charge is 0.454 e. The van der Waals surface area contributed by atoms with Crippen molar-refractivity contribution in [1.29, 1.82) is 0 Å². The van der Waals surface area contributed by atoms with Crippen LogP contribution in [0.1, 0.15) is 284 Å². The van der Waals surface area contributed by atoms with Crippen LogP contribution in [0.2, 0.25) is 0 Å². The first-order valence-electron chi connectivity index (χ1n) is 33.4. The highest BCUT2D eigenvalue weighted by molar-refractivity contribution is 5.80. The maximum absolute atomic E-state index is 13.5. The summed E-state index contributed by atoms with van der Waals surface area (Å²) in [5.41, 5.74) is 0. The van der Waals surface area contributed by atoms with Crippen molar-refractivity contribution in [2.75, 3.05) is 13.2 Å². The lowest BCUT2D eigenvalue weighted by molar-refractivity contribution is -0.305. The molecule has 1 aliphatic rings. The lowest BCUT2D eigenvalue weighted by Crippen LogP contribution is -2.61. The first-order chi connectivity index (χ1) is 39.7. The minimum atomic E-state index is -1.63. The van der Waals surface area contributed by atoms with Crippen LogP contribution in [0.25, 0.3) is 0 Å². The first kappa shape index (κ1) is 75.9. The molecule has 81 heavy (non-hydrogen) atoms. The number of esters is 1. The number of hydrogen-bond donors (Lipinski definition) is 6. The molecular formula is C70H123NO10. The van der Waals surface area contributed by atoms with Crippen molar-refractivity contribution >= 4 is 11.9 Å². The number of nitrogens with one attached hydrogen (secondary N) is 1. The molecule has 8 atom stereocenters. The van der Waals surface area contributed by atoms with Crippen LogP contribution in [-0.4, -0.2) is 99.6 Å². The Morgan fingerprint density at radius 2 is 0.889 bits per heavy atom. The molecule has 0 saturated carbocycles. The number of carbonyl (C=O) groups excluding carboxylic acids is 2. The summed E-state index contributed by atoms with van der Waals surface area (Å²) in [7, 11) is 0. The molecule has 0 radical (unpaired) electrons. The monoisotopic (exact) mass is 1140 g/mol. The summed E-state index contributed by atoms with van der Waals surface area (Å²) in [5, 5.41) is 57.1. The summed E-state index contributed by atoms with van der Waals surface area (Å²) in [6.07, 6.45) is 64.8. The molecule has 1 amide bonds. The summed E-state index contributed by atoms with van der Waals surface area (Å²) in [6.45, 7) is 5.66. The van der Waals surface area contributed by atoms with Crippen LogP contribution in [0, 0.1) is 0 Å². The number of rotatable bonds is 56. The molecular weight excluding hydrogens is 1010 g/mol. The van der Waals surface area contributed by atoms with Crippen molar-refractivity contribution in [3.05, 3.63) is 85.1 Å². The highest BCUT2D eigenvalue weighted by Crippen LogP contribution is 2.26. The quantitative estimate of drug-likeness (QED) is 0.0195. The molecule has 0 aromatic rings. The predicted molar refractivity (Wildman–Crippen MR) is 338 cm³/mol. The van der Waals surface area contributed by atoms with Crippen LogP contribution in [0.15, 0.2) is 85.1 Å². The van der Waals surface area contributed by atoms with Crippen LogP contribution >= 0.6 is 0 Å². The molecule has 0 bridgehead atoms. The molecule has 1 heterocycles. The number of carbonyl (C=O) groups is 2. The van der Waals surface area contributed by atoms with E-state index in [9.17, 15) is 35.1 Å². The Hall–Kier alpha value is -3.16. The molecule has 0 aromatic heterocycles. The van der Waals surface area contributed by atoms with Gasteiger partial charge in [0.25, 0.3) is 0 Å². The van der Waals surface area contributed by atoms with E-state index in [2.05, 4.69) is 99.0 Å². The normalized spacial score (nSPS) is 19.2. The zero-order chi connectivity index (χ0) is 58.9. The van der Waals surface area contributed by atoms with Crippen LogP contribution < -0.4 is 5.32 Å². The van der Waals surface area contributed by atoms with E-state index in [4.69, 9.17) is 14.2 Å². The van der Waals surface area contributed by atoms with Crippen LogP contribution in [0.3, 0.4) is 0 Å². The molecule has 11 heteroatoms. The Bertz CT molecular complexity index is 1640. The first-order valence-corrected chi connectivity index (χ1v) is 33.4. The zero-order valence-electron chi connectivity index (χ0n) is 51.9. The number of aliphatic hydroxyl groups is 5. The van der Waals surface area contributed by atoms with Gasteiger partial charge in [-0.2, -0.15) is 0 Å². The number of allylic oxidation sites excluding steroid dienone is 13. The smallest absolute Gasteiger partial charge is 0.306 e. The summed E-state index contributed by atoms with van der Waals surface area (Å²) < 4.78 is 17.6. The molecule has 11 nitrogen and oxygen atoms in total. The summed E-state index contributed by atoms with van der Waals surface area (Å²) >= 11 is 0. The second-order valence-corrected chi connectivity index (χ2v) is 22.8. The zero-order valence-corrected chi connectivity index (χ0v) is 51.9. The third-order valence-electron chi connectivity index (χ3n) is 15.3. The van der Waals surface area contributed by atoms with Gasteiger partial charge in [0, 0.05) is 6.42 Å². The van der Waals surface area contributed by atoms with Crippen molar-refractivity contribution < 1.29 is 49.3 Å². The maximum Gasteiger partial charge on any atom is 0.306 e. The number of hydrogen-bond acceptors (Lipinski definition) is 10. The number of amides is 1. The Labute approximate surface area is 495 Å². The minimum absolute atomic E-state index is 0.0817. The fourth-order valence-electron chi connectivity index (χ4n) is 10.0. The Balaban J connectivity index is 2.62. The van der Waals surface area contributed by atoms with Gasteiger partial charge in [0.1, 0.15) is 24.4 Å². The molecule has 1 aliphatic heterocycles. The fraction of sp³-hybridized carbons (Fsp3) is 0.771. The van der Waals surface area contributed by atoms with Crippen molar-refractivity contribution in [3.63, 3.8) is 0 Å². The van der Waals surface area contributed by atoms with Crippen LogP contribution in [-0.2, 0) is 23.8 Å². The van der Waals surface area contributed by atoms with Gasteiger partial charge in [-0.3, -0.25) is 9.59 Å². The van der Waals surface area contributed by atoms with Crippen LogP contribution in [0.4, 0.5) is 0 Å². The second kappa shape index (κ2) is 57.3. The highest BCUT2D eigenvalue weighted by atomic mass is 16.7. The van der Waals surface area contributed by atoms with E-state index >= 15 is 0 Å². The van der Waals surface area contributed by atoms with Gasteiger partial charge in [-0.05, 0) is 96.3 Å². The Morgan fingerprint density at radius 1 is 0.494 bits per heavy atom. The molecule has 1 rings (SSSR count). The number of aliphatic hydroxyl groups excluding tert-OH is 5. The number of unbranched alkanes of at least 4 members (excludes halogenated alkanes) is 30. The third kappa shape index (κ3) is 45.0. The lowest BCUT2D eigenvalue weighted by Gasteiger charge is -2.41. The summed E-state index contributed by atoms with van der Waals surface area (Å²) in [6, 6.07) is -1.03. The third-order valence-corrected chi connectivity index (χ3v) is 15.3. The van der Waals surface area contributed by atoms with Crippen molar-refractivity contribution in [3.8, 4) is 0 Å². The molecule has 1 saturated heterocycles. The van der Waals surface area contributed by atoms with Crippen LogP contribution in [0.5, 0.6) is 0 Å². The minimum Gasteiger partial charge on any atom is -0.454 e. The van der Waals surface area contributed by atoms with Crippen molar-refractivity contribution in [1.82, 2.24) is 5.32 Å².